The van der Waals surface area contributed by atoms with Crippen molar-refractivity contribution < 1.29 is 14.3 Å². The molecule has 6 heteroatoms. The third-order valence-electron chi connectivity index (χ3n) is 7.59. The summed E-state index contributed by atoms with van der Waals surface area (Å²) >= 11 is 0. The number of rotatable bonds is 3. The number of anilines is 2. The van der Waals surface area contributed by atoms with Crippen molar-refractivity contribution in [1.82, 2.24) is 5.32 Å². The van der Waals surface area contributed by atoms with Gasteiger partial charge in [-0.1, -0.05) is 24.3 Å². The molecule has 168 valence electrons. The average molecular weight is 434 g/mol. The van der Waals surface area contributed by atoms with E-state index in [1.54, 1.807) is 7.11 Å². The van der Waals surface area contributed by atoms with Gasteiger partial charge in [0, 0.05) is 43.4 Å². The molecule has 2 aromatic carbocycles. The lowest BCUT2D eigenvalue weighted by Gasteiger charge is -2.43. The molecule has 2 fully saturated rings. The highest BCUT2D eigenvalue weighted by atomic mass is 16.5. The number of amides is 3. The van der Waals surface area contributed by atoms with Gasteiger partial charge in [-0.3, -0.25) is 9.69 Å². The molecule has 3 aliphatic rings. The van der Waals surface area contributed by atoms with Crippen LogP contribution in [0, 0.1) is 18.8 Å². The molecular formula is C26H31N3O3. The van der Waals surface area contributed by atoms with E-state index in [9.17, 15) is 9.59 Å². The zero-order valence-corrected chi connectivity index (χ0v) is 18.8. The van der Waals surface area contributed by atoms with E-state index < -0.39 is 0 Å². The van der Waals surface area contributed by atoms with Gasteiger partial charge in [-0.05, 0) is 73.4 Å². The van der Waals surface area contributed by atoms with Crippen LogP contribution in [0.3, 0.4) is 0 Å². The number of para-hydroxylation sites is 1. The van der Waals surface area contributed by atoms with E-state index in [0.717, 1.165) is 42.6 Å². The van der Waals surface area contributed by atoms with Crippen molar-refractivity contribution in [2.45, 2.75) is 44.6 Å². The van der Waals surface area contributed by atoms with Crippen molar-refractivity contribution in [2.75, 3.05) is 30.4 Å². The first-order valence-electron chi connectivity index (χ1n) is 11.6. The highest BCUT2D eigenvalue weighted by molar-refractivity contribution is 6.03. The maximum absolute atomic E-state index is 12.9. The molecule has 6 nitrogen and oxygen atoms in total. The largest absolute Gasteiger partial charge is 0.381 e. The lowest BCUT2D eigenvalue weighted by Crippen LogP contribution is -2.50. The smallest absolute Gasteiger partial charge is 0.326 e. The summed E-state index contributed by atoms with van der Waals surface area (Å²) in [5.41, 5.74) is 5.40. The average Bonchev–Trinajstić information content (AvgIpc) is 3.24. The van der Waals surface area contributed by atoms with Gasteiger partial charge in [0.1, 0.15) is 0 Å². The van der Waals surface area contributed by atoms with E-state index in [1.165, 1.54) is 11.1 Å². The van der Waals surface area contributed by atoms with Crippen LogP contribution in [-0.4, -0.2) is 38.2 Å². The molecule has 0 aromatic heterocycles. The number of carbonyl (C=O) groups is 2. The number of methoxy groups -OCH3 is 1. The van der Waals surface area contributed by atoms with Crippen LogP contribution in [0.4, 0.5) is 16.2 Å². The quantitative estimate of drug-likeness (QED) is 0.761. The summed E-state index contributed by atoms with van der Waals surface area (Å²) in [5, 5.41) is 6.20. The fourth-order valence-corrected chi connectivity index (χ4v) is 5.89. The number of benzene rings is 2. The van der Waals surface area contributed by atoms with Gasteiger partial charge in [0.2, 0.25) is 5.91 Å². The van der Waals surface area contributed by atoms with Crippen LogP contribution < -0.4 is 15.5 Å². The van der Waals surface area contributed by atoms with Gasteiger partial charge in [-0.2, -0.15) is 0 Å². The lowest BCUT2D eigenvalue weighted by atomic mass is 9.66. The minimum Gasteiger partial charge on any atom is -0.381 e. The first kappa shape index (κ1) is 21.0. The SMILES string of the molecule is COC1CCC2C(=O)NCC(c3ccc(NC(=O)N4CCc5ccccc54)cc3C)C2C1. The summed E-state index contributed by atoms with van der Waals surface area (Å²) < 4.78 is 5.64. The minimum absolute atomic E-state index is 0.0640. The monoisotopic (exact) mass is 433 g/mol. The molecule has 1 saturated heterocycles. The molecule has 4 unspecified atom stereocenters. The van der Waals surface area contributed by atoms with Crippen molar-refractivity contribution in [3.63, 3.8) is 0 Å². The Morgan fingerprint density at radius 2 is 2.00 bits per heavy atom. The van der Waals surface area contributed by atoms with Crippen LogP contribution in [0.5, 0.6) is 0 Å². The number of hydrogen-bond acceptors (Lipinski definition) is 3. The van der Waals surface area contributed by atoms with E-state index in [4.69, 9.17) is 4.74 Å². The molecule has 1 saturated carbocycles. The van der Waals surface area contributed by atoms with Gasteiger partial charge in [0.25, 0.3) is 0 Å². The molecule has 0 radical (unpaired) electrons. The number of carbonyl (C=O) groups excluding carboxylic acids is 2. The van der Waals surface area contributed by atoms with Crippen LogP contribution in [-0.2, 0) is 16.0 Å². The molecule has 4 atom stereocenters. The Morgan fingerprint density at radius 3 is 2.81 bits per heavy atom. The molecular weight excluding hydrogens is 402 g/mol. The van der Waals surface area contributed by atoms with Crippen LogP contribution in [0.15, 0.2) is 42.5 Å². The summed E-state index contributed by atoms with van der Waals surface area (Å²) in [6.45, 7) is 3.46. The number of hydrogen-bond donors (Lipinski definition) is 2. The second kappa shape index (κ2) is 8.58. The van der Waals surface area contributed by atoms with Crippen molar-refractivity contribution in [2.24, 2.45) is 11.8 Å². The Labute approximate surface area is 189 Å². The third-order valence-corrected chi connectivity index (χ3v) is 7.59. The maximum Gasteiger partial charge on any atom is 0.326 e. The first-order valence-corrected chi connectivity index (χ1v) is 11.6. The van der Waals surface area contributed by atoms with Gasteiger partial charge in [0.15, 0.2) is 0 Å². The summed E-state index contributed by atoms with van der Waals surface area (Å²) in [4.78, 5) is 27.2. The Bertz CT molecular complexity index is 1040. The molecule has 2 aliphatic heterocycles. The van der Waals surface area contributed by atoms with Gasteiger partial charge in [-0.25, -0.2) is 4.79 Å². The Hall–Kier alpha value is -2.86. The number of aryl methyl sites for hydroxylation is 1. The Morgan fingerprint density at radius 1 is 1.16 bits per heavy atom. The second-order valence-electron chi connectivity index (χ2n) is 9.32. The molecule has 2 aromatic rings. The van der Waals surface area contributed by atoms with Crippen LogP contribution in [0.1, 0.15) is 41.9 Å². The maximum atomic E-state index is 12.9. The second-order valence-corrected chi connectivity index (χ2v) is 9.32. The highest BCUT2D eigenvalue weighted by Gasteiger charge is 2.43. The number of nitrogens with zero attached hydrogens (tertiary/aromatic N) is 1. The molecule has 0 bridgehead atoms. The summed E-state index contributed by atoms with van der Waals surface area (Å²) in [6, 6.07) is 14.1. The van der Waals surface area contributed by atoms with E-state index in [-0.39, 0.29) is 29.9 Å². The zero-order valence-electron chi connectivity index (χ0n) is 18.8. The van der Waals surface area contributed by atoms with Crippen molar-refractivity contribution in [3.8, 4) is 0 Å². The van der Waals surface area contributed by atoms with E-state index in [0.29, 0.717) is 19.0 Å². The number of urea groups is 1. The van der Waals surface area contributed by atoms with Crippen LogP contribution in [0.25, 0.3) is 0 Å². The van der Waals surface area contributed by atoms with Gasteiger partial charge < -0.3 is 15.4 Å². The molecule has 0 spiro atoms. The zero-order chi connectivity index (χ0) is 22.2. The van der Waals surface area contributed by atoms with Crippen LogP contribution in [0.2, 0.25) is 0 Å². The normalized spacial score (nSPS) is 26.8. The summed E-state index contributed by atoms with van der Waals surface area (Å²) in [5.74, 6) is 0.816. The Balaban J connectivity index is 1.33. The van der Waals surface area contributed by atoms with Crippen molar-refractivity contribution >= 4 is 23.3 Å². The van der Waals surface area contributed by atoms with E-state index in [1.807, 2.05) is 29.2 Å². The molecule has 5 rings (SSSR count). The summed E-state index contributed by atoms with van der Waals surface area (Å²) in [7, 11) is 1.77. The molecule has 3 amide bonds. The topological polar surface area (TPSA) is 70.7 Å². The van der Waals surface area contributed by atoms with Gasteiger partial charge >= 0.3 is 6.03 Å². The minimum atomic E-state index is -0.0951. The first-order chi connectivity index (χ1) is 15.5. The number of ether oxygens (including phenoxy) is 1. The molecule has 2 N–H and O–H groups in total. The third kappa shape index (κ3) is 3.77. The predicted octanol–water partition coefficient (Wildman–Crippen LogP) is 4.23. The fraction of sp³-hybridized carbons (Fsp3) is 0.462. The lowest BCUT2D eigenvalue weighted by molar-refractivity contribution is -0.132. The fourth-order valence-electron chi connectivity index (χ4n) is 5.89. The van der Waals surface area contributed by atoms with Crippen molar-refractivity contribution in [3.05, 3.63) is 59.2 Å². The Kier molecular flexibility index (Phi) is 5.64. The number of piperidine rings is 1. The number of fused-ring (bicyclic) bond motifs is 2. The number of nitrogens with one attached hydrogen (secondary N) is 2. The predicted molar refractivity (Wildman–Crippen MR) is 125 cm³/mol. The highest BCUT2D eigenvalue weighted by Crippen LogP contribution is 2.44. The molecule has 1 aliphatic carbocycles. The van der Waals surface area contributed by atoms with Gasteiger partial charge in [-0.15, -0.1) is 0 Å². The molecule has 2 heterocycles. The van der Waals surface area contributed by atoms with Crippen LogP contribution >= 0.6 is 0 Å². The van der Waals surface area contributed by atoms with Gasteiger partial charge in [0.05, 0.1) is 6.10 Å². The standard InChI is InChI=1S/C26H31N3O3/c1-16-13-18(28-26(31)29-12-11-17-5-3-4-6-24(17)29)7-9-20(16)23-15-27-25(30)21-10-8-19(32-2)14-22(21)23/h3-7,9,13,19,21-23H,8,10-12,14-15H2,1-2H3,(H,27,30)(H,28,31). The van der Waals surface area contributed by atoms with Crippen molar-refractivity contribution in [1.29, 1.82) is 0 Å². The summed E-state index contributed by atoms with van der Waals surface area (Å²) in [6.07, 6.45) is 3.87. The van der Waals surface area contributed by atoms with E-state index >= 15 is 0 Å². The van der Waals surface area contributed by atoms with E-state index in [2.05, 4.69) is 35.8 Å². The molecule has 32 heavy (non-hydrogen) atoms.